The van der Waals surface area contributed by atoms with Gasteiger partial charge in [0.2, 0.25) is 5.95 Å². The Balaban J connectivity index is 2.46. The van der Waals surface area contributed by atoms with Crippen molar-refractivity contribution in [1.29, 1.82) is 0 Å². The molecule has 1 aromatic carbocycles. The third kappa shape index (κ3) is 3.23. The predicted octanol–water partition coefficient (Wildman–Crippen LogP) is 2.98. The molecule has 0 spiro atoms. The molecule has 2 rings (SSSR count). The van der Waals surface area contributed by atoms with Gasteiger partial charge in [-0.15, -0.1) is 0 Å². The van der Waals surface area contributed by atoms with Gasteiger partial charge in [0.05, 0.1) is 6.10 Å². The van der Waals surface area contributed by atoms with E-state index >= 15 is 0 Å². The summed E-state index contributed by atoms with van der Waals surface area (Å²) in [6.07, 6.45) is 0.0229. The summed E-state index contributed by atoms with van der Waals surface area (Å²) in [7, 11) is 1.78. The number of benzene rings is 1. The quantitative estimate of drug-likeness (QED) is 0.927. The summed E-state index contributed by atoms with van der Waals surface area (Å²) in [5, 5.41) is 2.93. The molecule has 0 fully saturated rings. The zero-order valence-corrected chi connectivity index (χ0v) is 12.6. The molecule has 0 bridgehead atoms. The summed E-state index contributed by atoms with van der Waals surface area (Å²) in [5.74, 6) is 1.12. The van der Waals surface area contributed by atoms with Gasteiger partial charge in [0.15, 0.2) is 5.82 Å². The van der Waals surface area contributed by atoms with Crippen molar-refractivity contribution in [3.05, 3.63) is 29.3 Å². The standard InChI is InChI=1S/C15H20N4O/c1-9(2)20-15-18-13(17-14(16-5)19-15)12-7-6-10(3)11(4)8-12/h6-9H,1-5H3,(H,16,17,18,19). The van der Waals surface area contributed by atoms with Crippen LogP contribution in [0.2, 0.25) is 0 Å². The van der Waals surface area contributed by atoms with Crippen LogP contribution in [0.5, 0.6) is 6.01 Å². The van der Waals surface area contributed by atoms with Gasteiger partial charge in [-0.05, 0) is 44.9 Å². The fourth-order valence-corrected chi connectivity index (χ4v) is 1.74. The molecule has 1 aromatic heterocycles. The van der Waals surface area contributed by atoms with Crippen molar-refractivity contribution < 1.29 is 4.74 Å². The fraction of sp³-hybridized carbons (Fsp3) is 0.400. The van der Waals surface area contributed by atoms with E-state index in [1.807, 2.05) is 19.9 Å². The lowest BCUT2D eigenvalue weighted by Gasteiger charge is -2.11. The predicted molar refractivity (Wildman–Crippen MR) is 80.0 cm³/mol. The number of hydrogen-bond acceptors (Lipinski definition) is 5. The molecule has 1 heterocycles. The van der Waals surface area contributed by atoms with Crippen molar-refractivity contribution in [1.82, 2.24) is 15.0 Å². The first-order chi connectivity index (χ1) is 9.49. The molecule has 0 atom stereocenters. The van der Waals surface area contributed by atoms with E-state index in [-0.39, 0.29) is 6.10 Å². The molecular formula is C15H20N4O. The largest absolute Gasteiger partial charge is 0.461 e. The highest BCUT2D eigenvalue weighted by molar-refractivity contribution is 5.58. The molecule has 2 aromatic rings. The van der Waals surface area contributed by atoms with Crippen LogP contribution >= 0.6 is 0 Å². The molecule has 0 aliphatic rings. The average Bonchev–Trinajstić information content (AvgIpc) is 2.40. The van der Waals surface area contributed by atoms with E-state index in [1.165, 1.54) is 11.1 Å². The van der Waals surface area contributed by atoms with Gasteiger partial charge in [-0.1, -0.05) is 12.1 Å². The SMILES string of the molecule is CNc1nc(OC(C)C)nc(-c2ccc(C)c(C)c2)n1. The second-order valence-electron chi connectivity index (χ2n) is 4.98. The molecule has 106 valence electrons. The van der Waals surface area contributed by atoms with Crippen molar-refractivity contribution >= 4 is 5.95 Å². The van der Waals surface area contributed by atoms with Crippen LogP contribution in [0.4, 0.5) is 5.95 Å². The first-order valence-corrected chi connectivity index (χ1v) is 6.67. The Hall–Kier alpha value is -2.17. The normalized spacial score (nSPS) is 10.7. The molecule has 0 aliphatic carbocycles. The van der Waals surface area contributed by atoms with Crippen LogP contribution in [0.25, 0.3) is 11.4 Å². The van der Waals surface area contributed by atoms with Crippen molar-refractivity contribution in [2.75, 3.05) is 12.4 Å². The summed E-state index contributed by atoms with van der Waals surface area (Å²) in [6.45, 7) is 8.04. The highest BCUT2D eigenvalue weighted by Crippen LogP contribution is 2.21. The minimum absolute atomic E-state index is 0.0229. The molecule has 1 N–H and O–H groups in total. The Morgan fingerprint density at radius 1 is 1.05 bits per heavy atom. The number of aryl methyl sites for hydroxylation is 2. The molecule has 0 saturated carbocycles. The summed E-state index contributed by atoms with van der Waals surface area (Å²) < 4.78 is 5.57. The Bertz CT molecular complexity index is 611. The minimum Gasteiger partial charge on any atom is -0.461 e. The van der Waals surface area contributed by atoms with E-state index in [0.717, 1.165) is 5.56 Å². The van der Waals surface area contributed by atoms with Gasteiger partial charge < -0.3 is 10.1 Å². The second-order valence-corrected chi connectivity index (χ2v) is 4.98. The van der Waals surface area contributed by atoms with E-state index in [2.05, 4.69) is 46.2 Å². The van der Waals surface area contributed by atoms with Gasteiger partial charge >= 0.3 is 6.01 Å². The highest BCUT2D eigenvalue weighted by atomic mass is 16.5. The number of anilines is 1. The second kappa shape index (κ2) is 5.86. The summed E-state index contributed by atoms with van der Waals surface area (Å²) in [6, 6.07) is 6.49. The average molecular weight is 272 g/mol. The van der Waals surface area contributed by atoms with Gasteiger partial charge in [0.25, 0.3) is 0 Å². The maximum absolute atomic E-state index is 5.57. The lowest BCUT2D eigenvalue weighted by Crippen LogP contribution is -2.11. The summed E-state index contributed by atoms with van der Waals surface area (Å²) in [5.41, 5.74) is 3.41. The Labute approximate surface area is 119 Å². The van der Waals surface area contributed by atoms with E-state index in [4.69, 9.17) is 4.74 Å². The fourth-order valence-electron chi connectivity index (χ4n) is 1.74. The first kappa shape index (κ1) is 14.2. The highest BCUT2D eigenvalue weighted by Gasteiger charge is 2.10. The van der Waals surface area contributed by atoms with Gasteiger partial charge in [-0.25, -0.2) is 0 Å². The topological polar surface area (TPSA) is 59.9 Å². The van der Waals surface area contributed by atoms with Crippen LogP contribution in [-0.2, 0) is 0 Å². The molecule has 0 unspecified atom stereocenters. The van der Waals surface area contributed by atoms with E-state index in [0.29, 0.717) is 17.8 Å². The van der Waals surface area contributed by atoms with Crippen LogP contribution in [0.3, 0.4) is 0 Å². The van der Waals surface area contributed by atoms with Crippen molar-refractivity contribution in [3.63, 3.8) is 0 Å². The molecule has 20 heavy (non-hydrogen) atoms. The van der Waals surface area contributed by atoms with Crippen molar-refractivity contribution in [2.24, 2.45) is 0 Å². The third-order valence-electron chi connectivity index (χ3n) is 2.94. The maximum Gasteiger partial charge on any atom is 0.322 e. The van der Waals surface area contributed by atoms with Crippen LogP contribution < -0.4 is 10.1 Å². The first-order valence-electron chi connectivity index (χ1n) is 6.67. The number of hydrogen-bond donors (Lipinski definition) is 1. The van der Waals surface area contributed by atoms with Crippen LogP contribution in [0.15, 0.2) is 18.2 Å². The van der Waals surface area contributed by atoms with Gasteiger partial charge in [-0.3, -0.25) is 0 Å². The summed E-state index contributed by atoms with van der Waals surface area (Å²) >= 11 is 0. The Morgan fingerprint density at radius 2 is 1.80 bits per heavy atom. The zero-order valence-electron chi connectivity index (χ0n) is 12.6. The molecule has 0 saturated heterocycles. The van der Waals surface area contributed by atoms with Crippen LogP contribution in [-0.4, -0.2) is 28.1 Å². The molecule has 0 radical (unpaired) electrons. The van der Waals surface area contributed by atoms with Crippen molar-refractivity contribution in [3.8, 4) is 17.4 Å². The molecule has 5 heteroatoms. The minimum atomic E-state index is 0.0229. The number of nitrogens with one attached hydrogen (secondary N) is 1. The lowest BCUT2D eigenvalue weighted by molar-refractivity contribution is 0.222. The molecule has 5 nitrogen and oxygen atoms in total. The van der Waals surface area contributed by atoms with E-state index in [1.54, 1.807) is 7.05 Å². The van der Waals surface area contributed by atoms with Crippen molar-refractivity contribution in [2.45, 2.75) is 33.8 Å². The van der Waals surface area contributed by atoms with E-state index < -0.39 is 0 Å². The lowest BCUT2D eigenvalue weighted by atomic mass is 10.1. The van der Waals surface area contributed by atoms with Gasteiger partial charge in [0, 0.05) is 12.6 Å². The smallest absolute Gasteiger partial charge is 0.322 e. The molecular weight excluding hydrogens is 252 g/mol. The summed E-state index contributed by atoms with van der Waals surface area (Å²) in [4.78, 5) is 13.0. The van der Waals surface area contributed by atoms with Crippen LogP contribution in [0.1, 0.15) is 25.0 Å². The van der Waals surface area contributed by atoms with Gasteiger partial charge in [-0.2, -0.15) is 15.0 Å². The maximum atomic E-state index is 5.57. The number of rotatable bonds is 4. The van der Waals surface area contributed by atoms with Crippen LogP contribution in [0, 0.1) is 13.8 Å². The number of aromatic nitrogens is 3. The van der Waals surface area contributed by atoms with E-state index in [9.17, 15) is 0 Å². The molecule has 0 amide bonds. The van der Waals surface area contributed by atoms with Gasteiger partial charge in [0.1, 0.15) is 0 Å². The number of nitrogens with zero attached hydrogens (tertiary/aromatic N) is 3. The monoisotopic (exact) mass is 272 g/mol. The zero-order chi connectivity index (χ0) is 14.7. The molecule has 0 aliphatic heterocycles. The number of ether oxygens (including phenoxy) is 1. The Kier molecular flexibility index (Phi) is 4.17. The Morgan fingerprint density at radius 3 is 2.40 bits per heavy atom. The third-order valence-corrected chi connectivity index (χ3v) is 2.94.